The fraction of sp³-hybridized carbons (Fsp3) is 0.278. The molecule has 2 aromatic rings. The van der Waals surface area contributed by atoms with Crippen LogP contribution in [0.4, 0.5) is 0 Å². The molecule has 24 heavy (non-hydrogen) atoms. The van der Waals surface area contributed by atoms with Gasteiger partial charge in [-0.25, -0.2) is 0 Å². The van der Waals surface area contributed by atoms with Gasteiger partial charge < -0.3 is 19.5 Å². The van der Waals surface area contributed by atoms with Crippen LogP contribution >= 0.6 is 11.6 Å². The highest BCUT2D eigenvalue weighted by atomic mass is 35.5. The number of hydrogen-bond donors (Lipinski definition) is 1. The molecule has 0 spiro atoms. The van der Waals surface area contributed by atoms with E-state index in [4.69, 9.17) is 25.8 Å². The second kappa shape index (κ2) is 9.03. The van der Waals surface area contributed by atoms with Crippen LogP contribution in [0.1, 0.15) is 5.56 Å². The highest BCUT2D eigenvalue weighted by molar-refractivity contribution is 6.32. The smallest absolute Gasteiger partial charge is 0.258 e. The standard InChI is InChI=1S/C18H20ClNO4/c1-13-7-8-14(19)17(11-13)23-10-9-20-18(21)12-24-16-6-4-3-5-15(16)22-2/h3-8,11H,9-10,12H2,1-2H3,(H,20,21). The molecule has 2 aromatic carbocycles. The molecule has 0 radical (unpaired) electrons. The summed E-state index contributed by atoms with van der Waals surface area (Å²) in [5.74, 6) is 1.48. The molecule has 0 saturated heterocycles. The molecule has 0 atom stereocenters. The summed E-state index contributed by atoms with van der Waals surface area (Å²) in [5.41, 5.74) is 1.06. The monoisotopic (exact) mass is 349 g/mol. The third-order valence-electron chi connectivity index (χ3n) is 3.20. The van der Waals surface area contributed by atoms with Crippen molar-refractivity contribution < 1.29 is 19.0 Å². The van der Waals surface area contributed by atoms with Gasteiger partial charge in [-0.15, -0.1) is 0 Å². The summed E-state index contributed by atoms with van der Waals surface area (Å²) in [5, 5.41) is 3.27. The van der Waals surface area contributed by atoms with Crippen LogP contribution in [-0.2, 0) is 4.79 Å². The lowest BCUT2D eigenvalue weighted by Crippen LogP contribution is -2.32. The van der Waals surface area contributed by atoms with Gasteiger partial charge in [-0.3, -0.25) is 4.79 Å². The summed E-state index contributed by atoms with van der Waals surface area (Å²) in [4.78, 5) is 11.8. The van der Waals surface area contributed by atoms with Gasteiger partial charge in [0.2, 0.25) is 0 Å². The molecule has 1 N–H and O–H groups in total. The van der Waals surface area contributed by atoms with Crippen LogP contribution < -0.4 is 19.5 Å². The van der Waals surface area contributed by atoms with E-state index in [1.165, 1.54) is 0 Å². The highest BCUT2D eigenvalue weighted by Crippen LogP contribution is 2.26. The lowest BCUT2D eigenvalue weighted by atomic mass is 10.2. The maximum absolute atomic E-state index is 11.8. The van der Waals surface area contributed by atoms with Gasteiger partial charge in [0.15, 0.2) is 18.1 Å². The summed E-state index contributed by atoms with van der Waals surface area (Å²) < 4.78 is 16.2. The van der Waals surface area contributed by atoms with Crippen molar-refractivity contribution in [2.45, 2.75) is 6.92 Å². The van der Waals surface area contributed by atoms with E-state index in [1.54, 1.807) is 25.3 Å². The lowest BCUT2D eigenvalue weighted by molar-refractivity contribution is -0.123. The first kappa shape index (κ1) is 17.9. The Labute approximate surface area is 146 Å². The number of nitrogens with one attached hydrogen (secondary N) is 1. The van der Waals surface area contributed by atoms with Crippen LogP contribution in [0.2, 0.25) is 5.02 Å². The number of aryl methyl sites for hydroxylation is 1. The predicted molar refractivity (Wildman–Crippen MR) is 93.2 cm³/mol. The minimum Gasteiger partial charge on any atom is -0.493 e. The first-order valence-electron chi connectivity index (χ1n) is 7.51. The third-order valence-corrected chi connectivity index (χ3v) is 3.51. The van der Waals surface area contributed by atoms with Gasteiger partial charge >= 0.3 is 0 Å². The molecule has 0 bridgehead atoms. The van der Waals surface area contributed by atoms with Crippen LogP contribution in [-0.4, -0.2) is 32.8 Å². The normalized spacial score (nSPS) is 10.1. The minimum atomic E-state index is -0.236. The summed E-state index contributed by atoms with van der Waals surface area (Å²) in [6, 6.07) is 12.7. The molecule has 2 rings (SSSR count). The molecular weight excluding hydrogens is 330 g/mol. The molecule has 0 aliphatic heterocycles. The topological polar surface area (TPSA) is 56.8 Å². The molecule has 0 unspecified atom stereocenters. The van der Waals surface area contributed by atoms with Crippen LogP contribution in [0.15, 0.2) is 42.5 Å². The Hall–Kier alpha value is -2.40. The van der Waals surface area contributed by atoms with Crippen molar-refractivity contribution >= 4 is 17.5 Å². The van der Waals surface area contributed by atoms with Crippen molar-refractivity contribution in [2.75, 3.05) is 26.9 Å². The largest absolute Gasteiger partial charge is 0.493 e. The second-order valence-corrected chi connectivity index (χ2v) is 5.48. The number of ether oxygens (including phenoxy) is 3. The Kier molecular flexibility index (Phi) is 6.75. The van der Waals surface area contributed by atoms with Gasteiger partial charge in [-0.05, 0) is 36.8 Å². The van der Waals surface area contributed by atoms with Crippen LogP contribution in [0, 0.1) is 6.92 Å². The first-order chi connectivity index (χ1) is 11.6. The van der Waals surface area contributed by atoms with Crippen LogP contribution in [0.3, 0.4) is 0 Å². The Morgan fingerprint density at radius 1 is 1.08 bits per heavy atom. The van der Waals surface area contributed by atoms with E-state index in [2.05, 4.69) is 5.32 Å². The lowest BCUT2D eigenvalue weighted by Gasteiger charge is -2.11. The Morgan fingerprint density at radius 3 is 2.58 bits per heavy atom. The van der Waals surface area contributed by atoms with Gasteiger partial charge in [-0.2, -0.15) is 0 Å². The number of carbonyl (C=O) groups is 1. The molecule has 6 heteroatoms. The van der Waals surface area contributed by atoms with Gasteiger partial charge in [0.1, 0.15) is 12.4 Å². The molecule has 0 aromatic heterocycles. The van der Waals surface area contributed by atoms with Crippen LogP contribution in [0.5, 0.6) is 17.2 Å². The van der Waals surface area contributed by atoms with Crippen molar-refractivity contribution in [3.63, 3.8) is 0 Å². The Balaban J connectivity index is 1.71. The van der Waals surface area contributed by atoms with E-state index in [0.29, 0.717) is 35.4 Å². The average Bonchev–Trinajstić information content (AvgIpc) is 2.60. The molecule has 0 saturated carbocycles. The summed E-state index contributed by atoms with van der Waals surface area (Å²) in [6.07, 6.45) is 0. The SMILES string of the molecule is COc1ccccc1OCC(=O)NCCOc1cc(C)ccc1Cl. The average molecular weight is 350 g/mol. The Bertz CT molecular complexity index is 690. The molecule has 1 amide bonds. The number of rotatable bonds is 8. The van der Waals surface area contributed by atoms with Gasteiger partial charge in [0, 0.05) is 0 Å². The van der Waals surface area contributed by atoms with E-state index in [0.717, 1.165) is 5.56 Å². The number of para-hydroxylation sites is 2. The zero-order valence-electron chi connectivity index (χ0n) is 13.7. The maximum atomic E-state index is 11.8. The molecular formula is C18H20ClNO4. The summed E-state index contributed by atoms with van der Waals surface area (Å²) in [7, 11) is 1.55. The Morgan fingerprint density at radius 2 is 1.83 bits per heavy atom. The van der Waals surface area contributed by atoms with Crippen molar-refractivity contribution in [3.8, 4) is 17.2 Å². The van der Waals surface area contributed by atoms with Gasteiger partial charge in [0.25, 0.3) is 5.91 Å². The van der Waals surface area contributed by atoms with Gasteiger partial charge in [0.05, 0.1) is 18.7 Å². The number of carbonyl (C=O) groups excluding carboxylic acids is 1. The fourth-order valence-electron chi connectivity index (χ4n) is 2.01. The van der Waals surface area contributed by atoms with Crippen molar-refractivity contribution in [1.82, 2.24) is 5.32 Å². The summed E-state index contributed by atoms with van der Waals surface area (Å²) >= 11 is 6.04. The van der Waals surface area contributed by atoms with Crippen molar-refractivity contribution in [2.24, 2.45) is 0 Å². The van der Waals surface area contributed by atoms with Crippen molar-refractivity contribution in [1.29, 1.82) is 0 Å². The third kappa shape index (κ3) is 5.35. The molecule has 0 aliphatic carbocycles. The van der Waals surface area contributed by atoms with E-state index in [9.17, 15) is 4.79 Å². The number of halogens is 1. The zero-order valence-corrected chi connectivity index (χ0v) is 14.4. The van der Waals surface area contributed by atoms with Gasteiger partial charge in [-0.1, -0.05) is 29.8 Å². The number of hydrogen-bond acceptors (Lipinski definition) is 4. The van der Waals surface area contributed by atoms with Crippen LogP contribution in [0.25, 0.3) is 0 Å². The van der Waals surface area contributed by atoms with E-state index in [-0.39, 0.29) is 12.5 Å². The maximum Gasteiger partial charge on any atom is 0.258 e. The molecule has 0 aliphatic rings. The van der Waals surface area contributed by atoms with E-state index >= 15 is 0 Å². The fourth-order valence-corrected chi connectivity index (χ4v) is 2.18. The zero-order chi connectivity index (χ0) is 17.4. The molecule has 0 fully saturated rings. The number of methoxy groups -OCH3 is 1. The second-order valence-electron chi connectivity index (χ2n) is 5.07. The van der Waals surface area contributed by atoms with Crippen molar-refractivity contribution in [3.05, 3.63) is 53.1 Å². The minimum absolute atomic E-state index is 0.0917. The van der Waals surface area contributed by atoms with E-state index in [1.807, 2.05) is 31.2 Å². The first-order valence-corrected chi connectivity index (χ1v) is 7.89. The molecule has 5 nitrogen and oxygen atoms in total. The molecule has 0 heterocycles. The number of benzene rings is 2. The summed E-state index contributed by atoms with van der Waals surface area (Å²) in [6.45, 7) is 2.55. The highest BCUT2D eigenvalue weighted by Gasteiger charge is 2.07. The predicted octanol–water partition coefficient (Wildman–Crippen LogP) is 3.23. The number of amides is 1. The molecule has 128 valence electrons. The van der Waals surface area contributed by atoms with E-state index < -0.39 is 0 Å². The quantitative estimate of drug-likeness (QED) is 0.743.